The van der Waals surface area contributed by atoms with E-state index in [-0.39, 0.29) is 0 Å². The number of phenols is 1. The number of para-hydroxylation sites is 2. The molecule has 0 fully saturated rings. The molecule has 0 saturated carbocycles. The monoisotopic (exact) mass is 393 g/mol. The number of hydrogen-bond acceptors (Lipinski definition) is 3. The molecule has 6 nitrogen and oxygen atoms in total. The van der Waals surface area contributed by atoms with Crippen LogP contribution in [0.2, 0.25) is 0 Å². The summed E-state index contributed by atoms with van der Waals surface area (Å²) in [7, 11) is 0. The predicted octanol–water partition coefficient (Wildman–Crippen LogP) is 3.81. The third-order valence-corrected chi connectivity index (χ3v) is 5.01. The molecule has 3 rings (SSSR count). The predicted molar refractivity (Wildman–Crippen MR) is 119 cm³/mol. The number of aryl methyl sites for hydroxylation is 4. The van der Waals surface area contributed by atoms with Gasteiger partial charge in [0.2, 0.25) is 0 Å². The Bertz CT molecular complexity index is 983. The van der Waals surface area contributed by atoms with Crippen LogP contribution >= 0.6 is 0 Å². The van der Waals surface area contributed by atoms with E-state index in [4.69, 9.17) is 4.99 Å². The number of aromatic nitrogens is 2. The van der Waals surface area contributed by atoms with Gasteiger partial charge in [-0.15, -0.1) is 0 Å². The van der Waals surface area contributed by atoms with Gasteiger partial charge >= 0.3 is 0 Å². The zero-order valence-electron chi connectivity index (χ0n) is 17.8. The molecular formula is C23H31N5O. The van der Waals surface area contributed by atoms with Gasteiger partial charge in [-0.2, -0.15) is 0 Å². The number of nitrogens with one attached hydrogen (secondary N) is 2. The number of nitrogens with zero attached hydrogens (tertiary/aromatic N) is 3. The van der Waals surface area contributed by atoms with Gasteiger partial charge in [-0.1, -0.05) is 24.3 Å². The lowest BCUT2D eigenvalue weighted by molar-refractivity contribution is 0.466. The molecule has 1 heterocycles. The number of phenolic OH excluding ortho intramolecular Hbond substituents is 1. The minimum atomic E-state index is 0.366. The van der Waals surface area contributed by atoms with Gasteiger partial charge in [-0.3, -0.25) is 0 Å². The summed E-state index contributed by atoms with van der Waals surface area (Å²) >= 11 is 0. The van der Waals surface area contributed by atoms with Crippen molar-refractivity contribution in [1.82, 2.24) is 20.2 Å². The molecule has 0 aliphatic heterocycles. The first kappa shape index (κ1) is 20.7. The molecule has 0 aliphatic rings. The third kappa shape index (κ3) is 5.08. The van der Waals surface area contributed by atoms with Crippen LogP contribution in [0, 0.1) is 20.8 Å². The van der Waals surface area contributed by atoms with E-state index >= 15 is 0 Å². The van der Waals surface area contributed by atoms with Crippen molar-refractivity contribution in [2.45, 2.75) is 47.2 Å². The summed E-state index contributed by atoms with van der Waals surface area (Å²) in [6.45, 7) is 11.1. The molecule has 2 aromatic carbocycles. The van der Waals surface area contributed by atoms with E-state index in [9.17, 15) is 5.11 Å². The van der Waals surface area contributed by atoms with Crippen LogP contribution in [0.25, 0.3) is 11.0 Å². The zero-order chi connectivity index (χ0) is 20.8. The number of fused-ring (bicyclic) bond motifs is 1. The number of rotatable bonds is 7. The van der Waals surface area contributed by atoms with Crippen LogP contribution in [-0.4, -0.2) is 33.7 Å². The van der Waals surface area contributed by atoms with Crippen molar-refractivity contribution in [2.24, 2.45) is 4.99 Å². The highest BCUT2D eigenvalue weighted by Crippen LogP contribution is 2.23. The summed E-state index contributed by atoms with van der Waals surface area (Å²) in [5.41, 5.74) is 5.10. The van der Waals surface area contributed by atoms with Crippen LogP contribution in [-0.2, 0) is 13.1 Å². The standard InChI is InChI=1S/C23H31N5O/c1-5-24-23(26-15-19-13-16(2)22(29)17(3)14-19)25-11-8-12-28-18(4)27-20-9-6-7-10-21(20)28/h6-7,9-10,13-14,29H,5,8,11-12,15H2,1-4H3,(H2,24,25,26). The number of hydrogen-bond donors (Lipinski definition) is 3. The SMILES string of the molecule is CCNC(=NCc1cc(C)c(O)c(C)c1)NCCCn1c(C)nc2ccccc21. The summed E-state index contributed by atoms with van der Waals surface area (Å²) in [4.78, 5) is 9.32. The van der Waals surface area contributed by atoms with E-state index in [0.29, 0.717) is 12.3 Å². The lowest BCUT2D eigenvalue weighted by Gasteiger charge is -2.13. The van der Waals surface area contributed by atoms with E-state index in [1.165, 1.54) is 5.52 Å². The Morgan fingerprint density at radius 2 is 1.83 bits per heavy atom. The van der Waals surface area contributed by atoms with Gasteiger partial charge in [-0.05, 0) is 62.9 Å². The van der Waals surface area contributed by atoms with Crippen LogP contribution in [0.5, 0.6) is 5.75 Å². The number of benzene rings is 2. The van der Waals surface area contributed by atoms with Crippen LogP contribution in [0.4, 0.5) is 0 Å². The number of aromatic hydroxyl groups is 1. The van der Waals surface area contributed by atoms with Gasteiger partial charge in [-0.25, -0.2) is 9.98 Å². The summed E-state index contributed by atoms with van der Waals surface area (Å²) in [6, 6.07) is 12.2. The van der Waals surface area contributed by atoms with Crippen LogP contribution < -0.4 is 10.6 Å². The Kier molecular flexibility index (Phi) is 6.75. The molecule has 0 saturated heterocycles. The molecule has 0 spiro atoms. The van der Waals surface area contributed by atoms with E-state index in [1.807, 2.05) is 32.0 Å². The topological polar surface area (TPSA) is 74.5 Å². The first-order valence-corrected chi connectivity index (χ1v) is 10.2. The second kappa shape index (κ2) is 9.45. The van der Waals surface area contributed by atoms with Gasteiger partial charge in [0.05, 0.1) is 17.6 Å². The van der Waals surface area contributed by atoms with Crippen molar-refractivity contribution in [3.8, 4) is 5.75 Å². The molecule has 0 unspecified atom stereocenters. The zero-order valence-corrected chi connectivity index (χ0v) is 17.8. The molecule has 154 valence electrons. The van der Waals surface area contributed by atoms with E-state index in [0.717, 1.165) is 60.0 Å². The summed E-state index contributed by atoms with van der Waals surface area (Å²) in [5, 5.41) is 16.6. The van der Waals surface area contributed by atoms with Crippen molar-refractivity contribution in [3.05, 3.63) is 58.9 Å². The van der Waals surface area contributed by atoms with Gasteiger partial charge < -0.3 is 20.3 Å². The Balaban J connectivity index is 1.58. The maximum Gasteiger partial charge on any atom is 0.191 e. The fraction of sp³-hybridized carbons (Fsp3) is 0.391. The normalized spacial score (nSPS) is 11.8. The molecular weight excluding hydrogens is 362 g/mol. The van der Waals surface area contributed by atoms with Crippen molar-refractivity contribution < 1.29 is 5.11 Å². The quantitative estimate of drug-likeness (QED) is 0.324. The summed E-state index contributed by atoms with van der Waals surface area (Å²) < 4.78 is 2.27. The second-order valence-electron chi connectivity index (χ2n) is 7.35. The lowest BCUT2D eigenvalue weighted by Crippen LogP contribution is -2.38. The minimum Gasteiger partial charge on any atom is -0.507 e. The van der Waals surface area contributed by atoms with Crippen molar-refractivity contribution in [3.63, 3.8) is 0 Å². The lowest BCUT2D eigenvalue weighted by atomic mass is 10.1. The molecule has 0 aliphatic carbocycles. The summed E-state index contributed by atoms with van der Waals surface area (Å²) in [5.74, 6) is 2.22. The van der Waals surface area contributed by atoms with Crippen molar-refractivity contribution in [1.29, 1.82) is 0 Å². The average Bonchev–Trinajstić information content (AvgIpc) is 3.02. The van der Waals surface area contributed by atoms with E-state index in [2.05, 4.69) is 52.2 Å². The van der Waals surface area contributed by atoms with Gasteiger partial charge in [0.25, 0.3) is 0 Å². The van der Waals surface area contributed by atoms with Crippen LogP contribution in [0.1, 0.15) is 35.9 Å². The largest absolute Gasteiger partial charge is 0.507 e. The Morgan fingerprint density at radius 1 is 1.10 bits per heavy atom. The highest BCUT2D eigenvalue weighted by atomic mass is 16.3. The molecule has 0 amide bonds. The fourth-order valence-corrected chi connectivity index (χ4v) is 3.57. The molecule has 29 heavy (non-hydrogen) atoms. The third-order valence-electron chi connectivity index (χ3n) is 5.01. The Morgan fingerprint density at radius 3 is 2.55 bits per heavy atom. The number of guanidine groups is 1. The van der Waals surface area contributed by atoms with E-state index in [1.54, 1.807) is 0 Å². The van der Waals surface area contributed by atoms with Gasteiger partial charge in [0.1, 0.15) is 11.6 Å². The number of imidazole rings is 1. The van der Waals surface area contributed by atoms with E-state index < -0.39 is 0 Å². The average molecular weight is 394 g/mol. The highest BCUT2D eigenvalue weighted by molar-refractivity contribution is 5.79. The molecule has 3 N–H and O–H groups in total. The molecule has 6 heteroatoms. The van der Waals surface area contributed by atoms with Crippen molar-refractivity contribution >= 4 is 17.0 Å². The number of aliphatic imine (C=N–C) groups is 1. The molecule has 0 radical (unpaired) electrons. The molecule has 0 atom stereocenters. The smallest absolute Gasteiger partial charge is 0.191 e. The fourth-order valence-electron chi connectivity index (χ4n) is 3.57. The maximum atomic E-state index is 9.93. The maximum absolute atomic E-state index is 9.93. The Hall–Kier alpha value is -3.02. The first-order chi connectivity index (χ1) is 14.0. The van der Waals surface area contributed by atoms with Crippen molar-refractivity contribution in [2.75, 3.05) is 13.1 Å². The van der Waals surface area contributed by atoms with Gasteiger partial charge in [0, 0.05) is 19.6 Å². The Labute approximate surface area is 172 Å². The molecule has 0 bridgehead atoms. The van der Waals surface area contributed by atoms with Crippen LogP contribution in [0.3, 0.4) is 0 Å². The second-order valence-corrected chi connectivity index (χ2v) is 7.35. The van der Waals surface area contributed by atoms with Crippen LogP contribution in [0.15, 0.2) is 41.4 Å². The summed E-state index contributed by atoms with van der Waals surface area (Å²) in [6.07, 6.45) is 0.975. The molecule has 1 aromatic heterocycles. The van der Waals surface area contributed by atoms with Gasteiger partial charge in [0.15, 0.2) is 5.96 Å². The first-order valence-electron chi connectivity index (χ1n) is 10.2. The highest BCUT2D eigenvalue weighted by Gasteiger charge is 2.07. The molecule has 3 aromatic rings. The minimum absolute atomic E-state index is 0.366.